The largest absolute Gasteiger partial charge is 0.496 e. The van der Waals surface area contributed by atoms with Gasteiger partial charge in [-0.05, 0) is 60.9 Å². The molecule has 0 N–H and O–H groups in total. The highest BCUT2D eigenvalue weighted by molar-refractivity contribution is 6.06. The molecule has 0 saturated carbocycles. The van der Waals surface area contributed by atoms with Crippen molar-refractivity contribution in [3.63, 3.8) is 0 Å². The molecule has 0 aromatic heterocycles. The maximum atomic E-state index is 12.4. The average molecular weight is 368 g/mol. The molecule has 0 atom stereocenters. The molecular formula is C23H28O4. The first-order chi connectivity index (χ1) is 13.1. The quantitative estimate of drug-likeness (QED) is 0.419. The fourth-order valence-corrected chi connectivity index (χ4v) is 2.80. The highest BCUT2D eigenvalue weighted by atomic mass is 16.5. The smallest absolute Gasteiger partial charge is 0.185 e. The SMILES string of the molecule is CCCOc1ccc(C(=O)/C=C/c2cc(OC)c(CCC)c(OC)c2)cc1. The van der Waals surface area contributed by atoms with Crippen LogP contribution in [0.4, 0.5) is 0 Å². The van der Waals surface area contributed by atoms with E-state index in [1.165, 1.54) is 0 Å². The van der Waals surface area contributed by atoms with Gasteiger partial charge in [0.25, 0.3) is 0 Å². The van der Waals surface area contributed by atoms with Crippen LogP contribution >= 0.6 is 0 Å². The molecule has 0 aliphatic rings. The molecule has 2 aromatic carbocycles. The van der Waals surface area contributed by atoms with Gasteiger partial charge in [0.1, 0.15) is 17.2 Å². The first-order valence-corrected chi connectivity index (χ1v) is 9.33. The minimum absolute atomic E-state index is 0.0624. The van der Waals surface area contributed by atoms with Crippen LogP contribution in [0.5, 0.6) is 17.2 Å². The van der Waals surface area contributed by atoms with E-state index in [1.54, 1.807) is 38.5 Å². The van der Waals surface area contributed by atoms with Gasteiger partial charge in [0.2, 0.25) is 0 Å². The van der Waals surface area contributed by atoms with Crippen LogP contribution in [0.2, 0.25) is 0 Å². The minimum atomic E-state index is -0.0624. The standard InChI is InChI=1S/C23H28O4/c1-5-7-20-22(25-3)15-17(16-23(20)26-4)8-13-21(24)18-9-11-19(12-10-18)27-14-6-2/h8-13,15-16H,5-7,14H2,1-4H3/b13-8+. The zero-order valence-electron chi connectivity index (χ0n) is 16.6. The van der Waals surface area contributed by atoms with Gasteiger partial charge in [-0.25, -0.2) is 0 Å². The van der Waals surface area contributed by atoms with Gasteiger partial charge in [0, 0.05) is 11.1 Å². The Hall–Kier alpha value is -2.75. The number of ether oxygens (including phenoxy) is 3. The van der Waals surface area contributed by atoms with E-state index < -0.39 is 0 Å². The van der Waals surface area contributed by atoms with Crippen LogP contribution in [0.25, 0.3) is 6.08 Å². The number of benzene rings is 2. The van der Waals surface area contributed by atoms with E-state index >= 15 is 0 Å². The summed E-state index contributed by atoms with van der Waals surface area (Å²) < 4.78 is 16.6. The molecule has 0 unspecified atom stereocenters. The van der Waals surface area contributed by atoms with Gasteiger partial charge >= 0.3 is 0 Å². The van der Waals surface area contributed by atoms with Gasteiger partial charge in [-0.1, -0.05) is 26.3 Å². The maximum absolute atomic E-state index is 12.4. The normalized spacial score (nSPS) is 10.8. The fraction of sp³-hybridized carbons (Fsp3) is 0.348. The number of carbonyl (C=O) groups is 1. The number of hydrogen-bond acceptors (Lipinski definition) is 4. The van der Waals surface area contributed by atoms with E-state index in [1.807, 2.05) is 24.3 Å². The Labute approximate surface area is 161 Å². The predicted octanol–water partition coefficient (Wildman–Crippen LogP) is 5.34. The third kappa shape index (κ3) is 5.61. The van der Waals surface area contributed by atoms with Gasteiger partial charge in [-0.2, -0.15) is 0 Å². The molecule has 0 saturated heterocycles. The molecule has 144 valence electrons. The number of rotatable bonds is 10. The van der Waals surface area contributed by atoms with Crippen molar-refractivity contribution in [3.8, 4) is 17.2 Å². The first-order valence-electron chi connectivity index (χ1n) is 9.33. The monoisotopic (exact) mass is 368 g/mol. The van der Waals surface area contributed by atoms with Gasteiger partial charge in [0.05, 0.1) is 20.8 Å². The van der Waals surface area contributed by atoms with Crippen molar-refractivity contribution in [2.24, 2.45) is 0 Å². The summed E-state index contributed by atoms with van der Waals surface area (Å²) in [6.45, 7) is 4.84. The van der Waals surface area contributed by atoms with Crippen LogP contribution in [0, 0.1) is 0 Å². The summed E-state index contributed by atoms with van der Waals surface area (Å²) in [6.07, 6.45) is 6.17. The van der Waals surface area contributed by atoms with E-state index in [-0.39, 0.29) is 5.78 Å². The topological polar surface area (TPSA) is 44.8 Å². The number of ketones is 1. The van der Waals surface area contributed by atoms with Gasteiger partial charge < -0.3 is 14.2 Å². The molecular weight excluding hydrogens is 340 g/mol. The van der Waals surface area contributed by atoms with Crippen molar-refractivity contribution >= 4 is 11.9 Å². The van der Waals surface area contributed by atoms with Gasteiger partial charge in [-0.15, -0.1) is 0 Å². The van der Waals surface area contributed by atoms with Crippen molar-refractivity contribution in [1.29, 1.82) is 0 Å². The second-order valence-corrected chi connectivity index (χ2v) is 6.22. The first kappa shape index (κ1) is 20.6. The molecule has 0 spiro atoms. The van der Waals surface area contributed by atoms with Crippen molar-refractivity contribution < 1.29 is 19.0 Å². The summed E-state index contributed by atoms with van der Waals surface area (Å²) in [6, 6.07) is 11.1. The van der Waals surface area contributed by atoms with Crippen LogP contribution in [-0.4, -0.2) is 26.6 Å². The van der Waals surface area contributed by atoms with Crippen molar-refractivity contribution in [3.05, 3.63) is 59.2 Å². The number of methoxy groups -OCH3 is 2. The molecule has 0 aliphatic heterocycles. The lowest BCUT2D eigenvalue weighted by Crippen LogP contribution is -1.98. The molecule has 2 aromatic rings. The van der Waals surface area contributed by atoms with Crippen molar-refractivity contribution in [2.45, 2.75) is 33.1 Å². The Morgan fingerprint density at radius 1 is 0.963 bits per heavy atom. The van der Waals surface area contributed by atoms with Crippen LogP contribution in [0.1, 0.15) is 48.2 Å². The Balaban J connectivity index is 2.17. The number of carbonyl (C=O) groups excluding carboxylic acids is 1. The fourth-order valence-electron chi connectivity index (χ4n) is 2.80. The molecule has 4 nitrogen and oxygen atoms in total. The second kappa shape index (κ2) is 10.4. The molecule has 0 radical (unpaired) electrons. The van der Waals surface area contributed by atoms with E-state index in [0.717, 1.165) is 47.6 Å². The molecule has 27 heavy (non-hydrogen) atoms. The molecule has 0 amide bonds. The minimum Gasteiger partial charge on any atom is -0.496 e. The summed E-state index contributed by atoms with van der Waals surface area (Å²) in [4.78, 5) is 12.4. The zero-order chi connectivity index (χ0) is 19.6. The molecule has 0 bridgehead atoms. The van der Waals surface area contributed by atoms with Crippen LogP contribution in [-0.2, 0) is 6.42 Å². The third-order valence-corrected chi connectivity index (χ3v) is 4.17. The highest BCUT2D eigenvalue weighted by Gasteiger charge is 2.11. The van der Waals surface area contributed by atoms with Crippen molar-refractivity contribution in [1.82, 2.24) is 0 Å². The molecule has 2 rings (SSSR count). The number of hydrogen-bond donors (Lipinski definition) is 0. The van der Waals surface area contributed by atoms with Gasteiger partial charge in [0.15, 0.2) is 5.78 Å². The van der Waals surface area contributed by atoms with Crippen LogP contribution in [0.15, 0.2) is 42.5 Å². The highest BCUT2D eigenvalue weighted by Crippen LogP contribution is 2.32. The predicted molar refractivity (Wildman–Crippen MR) is 109 cm³/mol. The lowest BCUT2D eigenvalue weighted by molar-refractivity contribution is 0.104. The second-order valence-electron chi connectivity index (χ2n) is 6.22. The van der Waals surface area contributed by atoms with Crippen molar-refractivity contribution in [2.75, 3.05) is 20.8 Å². The lowest BCUT2D eigenvalue weighted by Gasteiger charge is -2.13. The summed E-state index contributed by atoms with van der Waals surface area (Å²) in [5.41, 5.74) is 2.53. The maximum Gasteiger partial charge on any atom is 0.185 e. The molecule has 0 fully saturated rings. The Kier molecular flexibility index (Phi) is 7.93. The van der Waals surface area contributed by atoms with E-state index in [9.17, 15) is 4.79 Å². The van der Waals surface area contributed by atoms with Crippen LogP contribution in [0.3, 0.4) is 0 Å². The van der Waals surface area contributed by atoms with E-state index in [0.29, 0.717) is 12.2 Å². The molecule has 0 aliphatic carbocycles. The summed E-state index contributed by atoms with van der Waals surface area (Å²) >= 11 is 0. The average Bonchev–Trinajstić information content (AvgIpc) is 2.71. The lowest BCUT2D eigenvalue weighted by atomic mass is 10.0. The molecule has 0 heterocycles. The van der Waals surface area contributed by atoms with E-state index in [2.05, 4.69) is 13.8 Å². The van der Waals surface area contributed by atoms with E-state index in [4.69, 9.17) is 14.2 Å². The Bertz CT molecular complexity index is 750. The summed E-state index contributed by atoms with van der Waals surface area (Å²) in [5.74, 6) is 2.27. The molecule has 4 heteroatoms. The summed E-state index contributed by atoms with van der Waals surface area (Å²) in [7, 11) is 3.30. The van der Waals surface area contributed by atoms with Gasteiger partial charge in [-0.3, -0.25) is 4.79 Å². The zero-order valence-corrected chi connectivity index (χ0v) is 16.6. The Morgan fingerprint density at radius 2 is 1.59 bits per heavy atom. The van der Waals surface area contributed by atoms with Crippen LogP contribution < -0.4 is 14.2 Å². The summed E-state index contributed by atoms with van der Waals surface area (Å²) in [5, 5.41) is 0. The number of allylic oxidation sites excluding steroid dienone is 1. The third-order valence-electron chi connectivity index (χ3n) is 4.17. The Morgan fingerprint density at radius 3 is 2.11 bits per heavy atom.